The highest BCUT2D eigenvalue weighted by atomic mass is 16.2. The number of carbonyl (C=O) groups excluding carboxylic acids is 1. The van der Waals surface area contributed by atoms with Crippen molar-refractivity contribution in [3.8, 4) is 0 Å². The summed E-state index contributed by atoms with van der Waals surface area (Å²) in [4.78, 5) is 21.9. The number of rotatable bonds is 4. The predicted octanol–water partition coefficient (Wildman–Crippen LogP) is 4.76. The molecule has 0 spiro atoms. The van der Waals surface area contributed by atoms with Crippen molar-refractivity contribution in [3.05, 3.63) is 95.8 Å². The standard InChI is InChI=1S/C25H28N4O/c1-19-17-28(18-22-11-7-4-8-12-22)24-13-14-26-16-23(24)20(2)29(19)25(30)27-15-21-9-5-3-6-10-21/h3-14,16,19-20H,15,17-18H2,1-2H3,(H,27,30)/t19-,20+/m1/s1. The van der Waals surface area contributed by atoms with Crippen LogP contribution in [0.5, 0.6) is 0 Å². The molecule has 2 aromatic carbocycles. The Morgan fingerprint density at radius 3 is 2.37 bits per heavy atom. The molecule has 3 aromatic rings. The molecular formula is C25H28N4O. The topological polar surface area (TPSA) is 48.5 Å². The third-order valence-corrected chi connectivity index (χ3v) is 5.73. The second-order valence-electron chi connectivity index (χ2n) is 7.88. The summed E-state index contributed by atoms with van der Waals surface area (Å²) in [7, 11) is 0. The Hall–Kier alpha value is -3.34. The number of anilines is 1. The van der Waals surface area contributed by atoms with Crippen molar-refractivity contribution in [1.82, 2.24) is 15.2 Å². The zero-order chi connectivity index (χ0) is 20.9. The quantitative estimate of drug-likeness (QED) is 0.687. The third kappa shape index (κ3) is 4.30. The molecule has 1 N–H and O–H groups in total. The average Bonchev–Trinajstić information content (AvgIpc) is 2.88. The van der Waals surface area contributed by atoms with Crippen LogP contribution in [0.25, 0.3) is 0 Å². The third-order valence-electron chi connectivity index (χ3n) is 5.73. The molecule has 0 radical (unpaired) electrons. The van der Waals surface area contributed by atoms with Crippen LogP contribution in [0, 0.1) is 0 Å². The number of urea groups is 1. The van der Waals surface area contributed by atoms with Gasteiger partial charge in [0.15, 0.2) is 0 Å². The summed E-state index contributed by atoms with van der Waals surface area (Å²) in [6, 6.07) is 22.5. The number of amides is 2. The second-order valence-corrected chi connectivity index (χ2v) is 7.88. The first-order chi connectivity index (χ1) is 14.6. The lowest BCUT2D eigenvalue weighted by molar-refractivity contribution is 0.158. The number of benzene rings is 2. The fourth-order valence-corrected chi connectivity index (χ4v) is 4.24. The highest BCUT2D eigenvalue weighted by Crippen LogP contribution is 2.35. The number of pyridine rings is 1. The number of nitrogens with one attached hydrogen (secondary N) is 1. The van der Waals surface area contributed by atoms with Crippen LogP contribution in [0.4, 0.5) is 10.5 Å². The highest BCUT2D eigenvalue weighted by molar-refractivity contribution is 5.76. The lowest BCUT2D eigenvalue weighted by Gasteiger charge is -2.33. The first kappa shape index (κ1) is 20.0. The van der Waals surface area contributed by atoms with Crippen molar-refractivity contribution in [2.45, 2.75) is 39.0 Å². The monoisotopic (exact) mass is 400 g/mol. The number of aromatic nitrogens is 1. The maximum atomic E-state index is 13.2. The van der Waals surface area contributed by atoms with E-state index in [1.807, 2.05) is 53.7 Å². The Morgan fingerprint density at radius 2 is 1.67 bits per heavy atom. The Kier molecular flexibility index (Phi) is 5.98. The summed E-state index contributed by atoms with van der Waals surface area (Å²) in [5.74, 6) is 0. The van der Waals surface area contributed by atoms with Crippen LogP contribution in [-0.4, -0.2) is 28.5 Å². The molecule has 2 amide bonds. The van der Waals surface area contributed by atoms with Crippen LogP contribution in [0.1, 0.15) is 36.6 Å². The Morgan fingerprint density at radius 1 is 1.00 bits per heavy atom. The number of nitrogens with zero attached hydrogens (tertiary/aromatic N) is 3. The molecule has 1 aromatic heterocycles. The maximum absolute atomic E-state index is 13.2. The maximum Gasteiger partial charge on any atom is 0.318 e. The zero-order valence-electron chi connectivity index (χ0n) is 17.5. The summed E-state index contributed by atoms with van der Waals surface area (Å²) < 4.78 is 0. The van der Waals surface area contributed by atoms with E-state index in [0.717, 1.165) is 29.9 Å². The van der Waals surface area contributed by atoms with Gasteiger partial charge in [-0.25, -0.2) is 4.79 Å². The molecular weight excluding hydrogens is 372 g/mol. The number of hydrogen-bond acceptors (Lipinski definition) is 3. The fraction of sp³-hybridized carbons (Fsp3) is 0.280. The van der Waals surface area contributed by atoms with E-state index < -0.39 is 0 Å². The fourth-order valence-electron chi connectivity index (χ4n) is 4.24. The van der Waals surface area contributed by atoms with Gasteiger partial charge in [-0.05, 0) is 31.0 Å². The molecule has 30 heavy (non-hydrogen) atoms. The largest absolute Gasteiger partial charge is 0.365 e. The Balaban J connectivity index is 1.58. The molecule has 0 unspecified atom stereocenters. The van der Waals surface area contributed by atoms with Crippen molar-refractivity contribution in [1.29, 1.82) is 0 Å². The van der Waals surface area contributed by atoms with Crippen molar-refractivity contribution >= 4 is 11.7 Å². The summed E-state index contributed by atoms with van der Waals surface area (Å²) in [5, 5.41) is 3.10. The molecule has 5 heteroatoms. The Labute approximate surface area is 178 Å². The van der Waals surface area contributed by atoms with E-state index in [-0.39, 0.29) is 18.1 Å². The van der Waals surface area contributed by atoms with Gasteiger partial charge in [-0.2, -0.15) is 0 Å². The SMILES string of the molecule is C[C@@H]1CN(Cc2ccccc2)c2ccncc2[C@H](C)N1C(=O)NCc1ccccc1. The zero-order valence-corrected chi connectivity index (χ0v) is 17.5. The van der Waals surface area contributed by atoms with Gasteiger partial charge in [0.05, 0.1) is 6.04 Å². The van der Waals surface area contributed by atoms with Gasteiger partial charge in [-0.15, -0.1) is 0 Å². The van der Waals surface area contributed by atoms with E-state index in [1.165, 1.54) is 5.56 Å². The predicted molar refractivity (Wildman–Crippen MR) is 120 cm³/mol. The van der Waals surface area contributed by atoms with Gasteiger partial charge in [-0.1, -0.05) is 60.7 Å². The van der Waals surface area contributed by atoms with Crippen molar-refractivity contribution in [3.63, 3.8) is 0 Å². The molecule has 1 aliphatic heterocycles. The molecule has 2 heterocycles. The second kappa shape index (κ2) is 8.99. The summed E-state index contributed by atoms with van der Waals surface area (Å²) in [6.07, 6.45) is 3.73. The summed E-state index contributed by atoms with van der Waals surface area (Å²) in [6.45, 7) is 6.29. The summed E-state index contributed by atoms with van der Waals surface area (Å²) >= 11 is 0. The minimum Gasteiger partial charge on any atom is -0.365 e. The van der Waals surface area contributed by atoms with Crippen LogP contribution in [-0.2, 0) is 13.1 Å². The van der Waals surface area contributed by atoms with Gasteiger partial charge in [0, 0.05) is 49.3 Å². The van der Waals surface area contributed by atoms with Crippen LogP contribution in [0.2, 0.25) is 0 Å². The van der Waals surface area contributed by atoms with Crippen LogP contribution >= 0.6 is 0 Å². The molecule has 4 rings (SSSR count). The van der Waals surface area contributed by atoms with E-state index in [4.69, 9.17) is 0 Å². The molecule has 0 bridgehead atoms. The van der Waals surface area contributed by atoms with Gasteiger partial charge >= 0.3 is 6.03 Å². The summed E-state index contributed by atoms with van der Waals surface area (Å²) in [5.41, 5.74) is 4.56. The van der Waals surface area contributed by atoms with Crippen molar-refractivity contribution < 1.29 is 4.79 Å². The van der Waals surface area contributed by atoms with Crippen LogP contribution in [0.3, 0.4) is 0 Å². The molecule has 2 atom stereocenters. The van der Waals surface area contributed by atoms with Gasteiger partial charge in [0.1, 0.15) is 0 Å². The first-order valence-electron chi connectivity index (χ1n) is 10.5. The van der Waals surface area contributed by atoms with Gasteiger partial charge in [0.2, 0.25) is 0 Å². The molecule has 0 aliphatic carbocycles. The highest BCUT2D eigenvalue weighted by Gasteiger charge is 2.33. The minimum absolute atomic E-state index is 0.0461. The molecule has 0 saturated carbocycles. The van der Waals surface area contributed by atoms with E-state index >= 15 is 0 Å². The molecule has 5 nitrogen and oxygen atoms in total. The lowest BCUT2D eigenvalue weighted by Crippen LogP contribution is -2.48. The molecule has 1 aliphatic rings. The van der Waals surface area contributed by atoms with Crippen LogP contribution < -0.4 is 10.2 Å². The average molecular weight is 401 g/mol. The van der Waals surface area contributed by atoms with Crippen molar-refractivity contribution in [2.75, 3.05) is 11.4 Å². The van der Waals surface area contributed by atoms with E-state index in [1.54, 1.807) is 0 Å². The molecule has 0 saturated heterocycles. The number of carbonyl (C=O) groups is 1. The Bertz CT molecular complexity index is 977. The number of fused-ring (bicyclic) bond motifs is 1. The van der Waals surface area contributed by atoms with E-state index in [2.05, 4.69) is 59.4 Å². The first-order valence-corrected chi connectivity index (χ1v) is 10.5. The van der Waals surface area contributed by atoms with Crippen molar-refractivity contribution in [2.24, 2.45) is 0 Å². The van der Waals surface area contributed by atoms with E-state index in [0.29, 0.717) is 6.54 Å². The molecule has 154 valence electrons. The number of hydrogen-bond donors (Lipinski definition) is 1. The van der Waals surface area contributed by atoms with E-state index in [9.17, 15) is 4.79 Å². The van der Waals surface area contributed by atoms with Gasteiger partial charge in [-0.3, -0.25) is 4.98 Å². The molecule has 0 fully saturated rings. The lowest BCUT2D eigenvalue weighted by atomic mass is 10.1. The minimum atomic E-state index is -0.0692. The smallest absolute Gasteiger partial charge is 0.318 e. The van der Waals surface area contributed by atoms with Gasteiger partial charge in [0.25, 0.3) is 0 Å². The van der Waals surface area contributed by atoms with Crippen LogP contribution in [0.15, 0.2) is 79.1 Å². The van der Waals surface area contributed by atoms with Gasteiger partial charge < -0.3 is 15.1 Å². The normalized spacial score (nSPS) is 18.5.